The summed E-state index contributed by atoms with van der Waals surface area (Å²) in [6.07, 6.45) is 2.10. The van der Waals surface area contributed by atoms with Crippen molar-refractivity contribution in [2.75, 3.05) is 59.7 Å². The van der Waals surface area contributed by atoms with Crippen LogP contribution < -0.4 is 16.0 Å². The van der Waals surface area contributed by atoms with Crippen LogP contribution in [0, 0.1) is 0 Å². The summed E-state index contributed by atoms with van der Waals surface area (Å²) in [5.41, 5.74) is 0. The summed E-state index contributed by atoms with van der Waals surface area (Å²) in [6, 6.07) is 0. The highest BCUT2D eigenvalue weighted by atomic mass is 127. The lowest BCUT2D eigenvalue weighted by Gasteiger charge is -2.13. The van der Waals surface area contributed by atoms with Crippen molar-refractivity contribution in [3.05, 3.63) is 0 Å². The van der Waals surface area contributed by atoms with Crippen LogP contribution >= 0.6 is 24.0 Å². The summed E-state index contributed by atoms with van der Waals surface area (Å²) >= 11 is 0. The Hall–Kier alpha value is -0.650. The van der Waals surface area contributed by atoms with Crippen molar-refractivity contribution in [2.45, 2.75) is 25.9 Å². The minimum atomic E-state index is -0.121. The Kier molecular flexibility index (Phi) is 15.4. The Labute approximate surface area is 161 Å². The molecule has 9 heteroatoms. The number of rotatable bonds is 11. The summed E-state index contributed by atoms with van der Waals surface area (Å²) in [5.74, 6) is 0.516. The number of ether oxygens (including phenoxy) is 3. The van der Waals surface area contributed by atoms with E-state index in [0.717, 1.165) is 32.5 Å². The summed E-state index contributed by atoms with van der Waals surface area (Å²) in [7, 11) is 1.60. The zero-order chi connectivity index (χ0) is 16.8. The molecule has 0 aromatic heterocycles. The molecule has 0 bridgehead atoms. The van der Waals surface area contributed by atoms with Crippen LogP contribution in [-0.4, -0.2) is 77.7 Å². The van der Waals surface area contributed by atoms with E-state index in [-0.39, 0.29) is 42.5 Å². The first kappa shape index (κ1) is 23.4. The van der Waals surface area contributed by atoms with Gasteiger partial charge >= 0.3 is 0 Å². The van der Waals surface area contributed by atoms with E-state index in [1.165, 1.54) is 0 Å². The standard InChI is InChI=1S/C15H30N4O4.HI/c1-3-16-15(19-11-14(20)17-7-10-21-2)18-6-4-8-23-13-5-9-22-12-13;/h13H,3-12H2,1-2H3,(H,17,20)(H2,16,18,19);1H. The van der Waals surface area contributed by atoms with Crippen LogP contribution in [0.4, 0.5) is 0 Å². The molecule has 142 valence electrons. The molecule has 1 atom stereocenters. The molecule has 1 unspecified atom stereocenters. The van der Waals surface area contributed by atoms with Crippen molar-refractivity contribution in [3.63, 3.8) is 0 Å². The highest BCUT2D eigenvalue weighted by Gasteiger charge is 2.15. The van der Waals surface area contributed by atoms with E-state index in [4.69, 9.17) is 14.2 Å². The van der Waals surface area contributed by atoms with Crippen LogP contribution in [0.3, 0.4) is 0 Å². The zero-order valence-corrected chi connectivity index (χ0v) is 17.0. The molecule has 1 saturated heterocycles. The van der Waals surface area contributed by atoms with Gasteiger partial charge in [0.15, 0.2) is 5.96 Å². The molecule has 1 heterocycles. The normalized spacial score (nSPS) is 17.2. The van der Waals surface area contributed by atoms with Crippen LogP contribution in [0.1, 0.15) is 19.8 Å². The first-order valence-electron chi connectivity index (χ1n) is 8.23. The van der Waals surface area contributed by atoms with E-state index in [9.17, 15) is 4.79 Å². The van der Waals surface area contributed by atoms with Crippen LogP contribution in [0.25, 0.3) is 0 Å². The second kappa shape index (κ2) is 15.9. The molecule has 1 aliphatic rings. The van der Waals surface area contributed by atoms with Crippen molar-refractivity contribution >= 4 is 35.8 Å². The van der Waals surface area contributed by atoms with Crippen LogP contribution in [-0.2, 0) is 19.0 Å². The number of aliphatic imine (C=N–C) groups is 1. The number of halogens is 1. The maximum absolute atomic E-state index is 11.6. The second-order valence-corrected chi connectivity index (χ2v) is 5.17. The van der Waals surface area contributed by atoms with Gasteiger partial charge in [0.25, 0.3) is 0 Å². The highest BCUT2D eigenvalue weighted by molar-refractivity contribution is 14.0. The van der Waals surface area contributed by atoms with Gasteiger partial charge in [-0.3, -0.25) is 4.79 Å². The van der Waals surface area contributed by atoms with E-state index < -0.39 is 0 Å². The Morgan fingerprint density at radius 3 is 2.75 bits per heavy atom. The van der Waals surface area contributed by atoms with Gasteiger partial charge < -0.3 is 30.2 Å². The van der Waals surface area contributed by atoms with E-state index in [2.05, 4.69) is 20.9 Å². The van der Waals surface area contributed by atoms with Crippen molar-refractivity contribution in [1.82, 2.24) is 16.0 Å². The third-order valence-electron chi connectivity index (χ3n) is 3.21. The molecular formula is C15H31IN4O4. The Bertz CT molecular complexity index is 352. The Balaban J connectivity index is 0.00000529. The van der Waals surface area contributed by atoms with Crippen LogP contribution in [0.15, 0.2) is 4.99 Å². The number of amides is 1. The average molecular weight is 458 g/mol. The van der Waals surface area contributed by atoms with Crippen molar-refractivity contribution in [2.24, 2.45) is 4.99 Å². The molecule has 0 saturated carbocycles. The maximum atomic E-state index is 11.6. The van der Waals surface area contributed by atoms with E-state index in [1.54, 1.807) is 7.11 Å². The average Bonchev–Trinajstić information content (AvgIpc) is 3.06. The lowest BCUT2D eigenvalue weighted by Crippen LogP contribution is -2.39. The molecule has 0 aromatic carbocycles. The molecule has 3 N–H and O–H groups in total. The molecular weight excluding hydrogens is 427 g/mol. The van der Waals surface area contributed by atoms with Crippen molar-refractivity contribution in [3.8, 4) is 0 Å². The molecule has 24 heavy (non-hydrogen) atoms. The smallest absolute Gasteiger partial charge is 0.241 e. The van der Waals surface area contributed by atoms with E-state index in [1.807, 2.05) is 6.92 Å². The number of nitrogens with zero attached hydrogens (tertiary/aromatic N) is 1. The van der Waals surface area contributed by atoms with Crippen LogP contribution in [0.2, 0.25) is 0 Å². The largest absolute Gasteiger partial charge is 0.383 e. The monoisotopic (exact) mass is 458 g/mol. The fourth-order valence-electron chi connectivity index (χ4n) is 2.01. The van der Waals surface area contributed by atoms with Gasteiger partial charge in [-0.15, -0.1) is 24.0 Å². The lowest BCUT2D eigenvalue weighted by molar-refractivity contribution is -0.119. The minimum Gasteiger partial charge on any atom is -0.383 e. The van der Waals surface area contributed by atoms with Crippen molar-refractivity contribution < 1.29 is 19.0 Å². The molecule has 0 radical (unpaired) electrons. The number of carbonyl (C=O) groups excluding carboxylic acids is 1. The fraction of sp³-hybridized carbons (Fsp3) is 0.867. The van der Waals surface area contributed by atoms with Gasteiger partial charge in [0, 0.05) is 40.0 Å². The first-order chi connectivity index (χ1) is 11.3. The van der Waals surface area contributed by atoms with Crippen LogP contribution in [0.5, 0.6) is 0 Å². The van der Waals surface area contributed by atoms with E-state index >= 15 is 0 Å². The number of hydrogen-bond donors (Lipinski definition) is 3. The molecule has 0 spiro atoms. The van der Waals surface area contributed by atoms with Gasteiger partial charge in [0.2, 0.25) is 5.91 Å². The van der Waals surface area contributed by atoms with Crippen molar-refractivity contribution in [1.29, 1.82) is 0 Å². The first-order valence-corrected chi connectivity index (χ1v) is 8.23. The summed E-state index contributed by atoms with van der Waals surface area (Å²) in [5, 5.41) is 9.03. The topological polar surface area (TPSA) is 93.2 Å². The second-order valence-electron chi connectivity index (χ2n) is 5.17. The Morgan fingerprint density at radius 2 is 2.08 bits per heavy atom. The number of methoxy groups -OCH3 is 1. The fourth-order valence-corrected chi connectivity index (χ4v) is 2.01. The van der Waals surface area contributed by atoms with Gasteiger partial charge in [0.1, 0.15) is 6.54 Å². The zero-order valence-electron chi connectivity index (χ0n) is 14.6. The maximum Gasteiger partial charge on any atom is 0.241 e. The van der Waals surface area contributed by atoms with Gasteiger partial charge in [-0.2, -0.15) is 0 Å². The molecule has 1 fully saturated rings. The van der Waals surface area contributed by atoms with Gasteiger partial charge in [-0.1, -0.05) is 0 Å². The number of nitrogens with one attached hydrogen (secondary N) is 3. The predicted octanol–water partition coefficient (Wildman–Crippen LogP) is 0.118. The summed E-state index contributed by atoms with van der Waals surface area (Å²) in [6.45, 7) is 6.75. The predicted molar refractivity (Wildman–Crippen MR) is 104 cm³/mol. The Morgan fingerprint density at radius 1 is 1.25 bits per heavy atom. The van der Waals surface area contributed by atoms with Gasteiger partial charge in [-0.05, 0) is 19.8 Å². The SMILES string of the molecule is CCNC(=NCC(=O)NCCOC)NCCCOC1CCOC1.I. The summed E-state index contributed by atoms with van der Waals surface area (Å²) < 4.78 is 15.8. The molecule has 8 nitrogen and oxygen atoms in total. The molecule has 0 aromatic rings. The third-order valence-corrected chi connectivity index (χ3v) is 3.21. The molecule has 1 rings (SSSR count). The summed E-state index contributed by atoms with van der Waals surface area (Å²) in [4.78, 5) is 15.8. The molecule has 0 aliphatic carbocycles. The highest BCUT2D eigenvalue weighted by Crippen LogP contribution is 2.07. The van der Waals surface area contributed by atoms with Gasteiger partial charge in [0.05, 0.1) is 19.3 Å². The lowest BCUT2D eigenvalue weighted by atomic mass is 10.3. The molecule has 1 aliphatic heterocycles. The van der Waals surface area contributed by atoms with E-state index in [0.29, 0.717) is 32.3 Å². The minimum absolute atomic E-state index is 0. The molecule has 1 amide bonds. The van der Waals surface area contributed by atoms with Gasteiger partial charge in [-0.25, -0.2) is 4.99 Å². The number of hydrogen-bond acceptors (Lipinski definition) is 5. The third kappa shape index (κ3) is 11.8. The number of guanidine groups is 1. The quantitative estimate of drug-likeness (QED) is 0.176. The number of carbonyl (C=O) groups is 1.